The van der Waals surface area contributed by atoms with E-state index in [1.165, 1.54) is 23.5 Å². The minimum absolute atomic E-state index is 0.0333. The molecule has 1 aromatic carbocycles. The summed E-state index contributed by atoms with van der Waals surface area (Å²) in [5.41, 5.74) is 0.932. The first-order valence-corrected chi connectivity index (χ1v) is 13.8. The highest BCUT2D eigenvalue weighted by molar-refractivity contribution is 7.93. The molecule has 0 radical (unpaired) electrons. The minimum Gasteiger partial charge on any atom is -0.366 e. The van der Waals surface area contributed by atoms with Crippen LogP contribution in [0.25, 0.3) is 0 Å². The van der Waals surface area contributed by atoms with Gasteiger partial charge in [0.25, 0.3) is 10.0 Å². The van der Waals surface area contributed by atoms with Crippen LogP contribution in [0, 0.1) is 5.92 Å². The molecule has 2 aromatic rings. The molecule has 2 heterocycles. The van der Waals surface area contributed by atoms with Gasteiger partial charge in [0, 0.05) is 17.9 Å². The van der Waals surface area contributed by atoms with Crippen molar-refractivity contribution in [2.45, 2.75) is 62.1 Å². The highest BCUT2D eigenvalue weighted by Gasteiger charge is 2.40. The number of sulfonamides is 1. The van der Waals surface area contributed by atoms with Crippen LogP contribution >= 0.6 is 22.9 Å². The SMILES string of the molecule is CC(C)c1nnc(NS(=O)(=O)c2ccc([C@@H]3CCC[C@@H]3NC3=NCC(C(F)(F)F)C=C3Cl)cc2)s1. The maximum absolute atomic E-state index is 13.0. The number of aromatic nitrogens is 2. The molecule has 190 valence electrons. The summed E-state index contributed by atoms with van der Waals surface area (Å²) in [6, 6.07) is 6.53. The molecule has 1 aromatic heterocycles. The zero-order chi connectivity index (χ0) is 25.4. The number of rotatable bonds is 6. The maximum atomic E-state index is 13.0. The number of dihydropyridines is 1. The largest absolute Gasteiger partial charge is 0.396 e. The summed E-state index contributed by atoms with van der Waals surface area (Å²) < 4.78 is 66.9. The predicted octanol–water partition coefficient (Wildman–Crippen LogP) is 5.40. The Bertz CT molecular complexity index is 1230. The number of anilines is 1. The van der Waals surface area contributed by atoms with Gasteiger partial charge in [-0.1, -0.05) is 55.3 Å². The van der Waals surface area contributed by atoms with Gasteiger partial charge in [-0.2, -0.15) is 13.2 Å². The maximum Gasteiger partial charge on any atom is 0.396 e. The van der Waals surface area contributed by atoms with E-state index in [0.29, 0.717) is 0 Å². The Morgan fingerprint density at radius 2 is 1.86 bits per heavy atom. The highest BCUT2D eigenvalue weighted by atomic mass is 35.5. The van der Waals surface area contributed by atoms with Gasteiger partial charge in [-0.05, 0) is 36.6 Å². The zero-order valence-electron chi connectivity index (χ0n) is 19.0. The lowest BCUT2D eigenvalue weighted by molar-refractivity contribution is -0.158. The summed E-state index contributed by atoms with van der Waals surface area (Å²) in [5, 5.41) is 12.0. The van der Waals surface area contributed by atoms with Crippen molar-refractivity contribution in [2.75, 3.05) is 11.3 Å². The normalized spacial score (nSPS) is 23.2. The van der Waals surface area contributed by atoms with Gasteiger partial charge in [0.1, 0.15) is 10.8 Å². The lowest BCUT2D eigenvalue weighted by Gasteiger charge is -2.26. The van der Waals surface area contributed by atoms with Crippen molar-refractivity contribution in [1.29, 1.82) is 0 Å². The number of halogens is 4. The van der Waals surface area contributed by atoms with E-state index in [-0.39, 0.29) is 38.8 Å². The Hall–Kier alpha value is -2.18. The molecule has 7 nitrogen and oxygen atoms in total. The van der Waals surface area contributed by atoms with Crippen LogP contribution in [0.15, 0.2) is 45.3 Å². The number of aliphatic imine (C=N–C) groups is 1. The molecular weight excluding hydrogens is 523 g/mol. The van der Waals surface area contributed by atoms with Crippen molar-refractivity contribution in [3.8, 4) is 0 Å². The van der Waals surface area contributed by atoms with Crippen molar-refractivity contribution >= 4 is 43.9 Å². The number of nitrogens with zero attached hydrogens (tertiary/aromatic N) is 3. The van der Waals surface area contributed by atoms with Crippen LogP contribution in [0.3, 0.4) is 0 Å². The average molecular weight is 548 g/mol. The van der Waals surface area contributed by atoms with E-state index in [4.69, 9.17) is 11.6 Å². The zero-order valence-corrected chi connectivity index (χ0v) is 21.4. The fraction of sp³-hybridized carbons (Fsp3) is 0.500. The van der Waals surface area contributed by atoms with Crippen molar-refractivity contribution < 1.29 is 21.6 Å². The summed E-state index contributed by atoms with van der Waals surface area (Å²) in [4.78, 5) is 4.14. The fourth-order valence-corrected chi connectivity index (χ4v) is 6.41. The first-order chi connectivity index (χ1) is 16.4. The van der Waals surface area contributed by atoms with Gasteiger partial charge < -0.3 is 5.32 Å². The molecule has 1 saturated carbocycles. The van der Waals surface area contributed by atoms with Crippen LogP contribution in [0.1, 0.15) is 55.5 Å². The number of benzene rings is 1. The van der Waals surface area contributed by atoms with Crippen LogP contribution in [0.4, 0.5) is 18.3 Å². The summed E-state index contributed by atoms with van der Waals surface area (Å²) >= 11 is 7.29. The highest BCUT2D eigenvalue weighted by Crippen LogP contribution is 2.37. The Balaban J connectivity index is 1.44. The molecule has 1 aliphatic carbocycles. The molecule has 35 heavy (non-hydrogen) atoms. The minimum atomic E-state index is -4.38. The van der Waals surface area contributed by atoms with Crippen molar-refractivity contribution in [2.24, 2.45) is 10.9 Å². The second-order valence-corrected chi connectivity index (χ2v) is 12.0. The van der Waals surface area contributed by atoms with Crippen LogP contribution < -0.4 is 10.0 Å². The summed E-state index contributed by atoms with van der Waals surface area (Å²) in [7, 11) is -3.82. The third-order valence-electron chi connectivity index (χ3n) is 6.05. The number of nitrogens with one attached hydrogen (secondary N) is 2. The van der Waals surface area contributed by atoms with Crippen LogP contribution in [0.5, 0.6) is 0 Å². The lowest BCUT2D eigenvalue weighted by Crippen LogP contribution is -2.39. The lowest BCUT2D eigenvalue weighted by atomic mass is 9.94. The second-order valence-electron chi connectivity index (χ2n) is 8.91. The first kappa shape index (κ1) is 25.9. The Morgan fingerprint density at radius 3 is 2.46 bits per heavy atom. The van der Waals surface area contributed by atoms with E-state index in [9.17, 15) is 21.6 Å². The van der Waals surface area contributed by atoms with Gasteiger partial charge in [0.05, 0.1) is 22.4 Å². The molecule has 1 unspecified atom stereocenters. The van der Waals surface area contributed by atoms with Gasteiger partial charge in [-0.3, -0.25) is 9.71 Å². The van der Waals surface area contributed by atoms with Gasteiger partial charge in [0.2, 0.25) is 5.13 Å². The second kappa shape index (κ2) is 10.1. The van der Waals surface area contributed by atoms with E-state index < -0.39 is 28.7 Å². The number of hydrogen-bond acceptors (Lipinski definition) is 7. The summed E-state index contributed by atoms with van der Waals surface area (Å²) in [5.74, 6) is -1.22. The van der Waals surface area contributed by atoms with Crippen LogP contribution in [-0.2, 0) is 10.0 Å². The van der Waals surface area contributed by atoms with E-state index in [1.807, 2.05) is 13.8 Å². The molecule has 0 amide bonds. The van der Waals surface area contributed by atoms with Crippen molar-refractivity contribution in [3.63, 3.8) is 0 Å². The molecule has 1 fully saturated rings. The van der Waals surface area contributed by atoms with Gasteiger partial charge >= 0.3 is 6.18 Å². The van der Waals surface area contributed by atoms with E-state index >= 15 is 0 Å². The third kappa shape index (κ3) is 5.97. The quantitative estimate of drug-likeness (QED) is 0.505. The predicted molar refractivity (Wildman–Crippen MR) is 131 cm³/mol. The van der Waals surface area contributed by atoms with E-state index in [2.05, 4.69) is 25.2 Å². The molecule has 2 aliphatic rings. The molecule has 1 aliphatic heterocycles. The van der Waals surface area contributed by atoms with Gasteiger partial charge in [0.15, 0.2) is 0 Å². The molecule has 2 N–H and O–H groups in total. The molecular formula is C22H25ClF3N5O2S2. The number of hydrogen-bond donors (Lipinski definition) is 2. The van der Waals surface area contributed by atoms with Gasteiger partial charge in [-0.15, -0.1) is 10.2 Å². The Morgan fingerprint density at radius 1 is 1.14 bits per heavy atom. The van der Waals surface area contributed by atoms with Crippen LogP contribution in [-0.4, -0.2) is 43.2 Å². The summed E-state index contributed by atoms with van der Waals surface area (Å²) in [6.07, 6.45) is -0.818. The smallest absolute Gasteiger partial charge is 0.366 e. The average Bonchev–Trinajstić information content (AvgIpc) is 3.44. The molecule has 4 rings (SSSR count). The topological polar surface area (TPSA) is 96.3 Å². The number of amidine groups is 1. The Labute approximate surface area is 211 Å². The van der Waals surface area contributed by atoms with E-state index in [0.717, 1.165) is 35.9 Å². The first-order valence-electron chi connectivity index (χ1n) is 11.2. The Kier molecular flexibility index (Phi) is 7.44. The molecule has 13 heteroatoms. The molecule has 0 bridgehead atoms. The van der Waals surface area contributed by atoms with Gasteiger partial charge in [-0.25, -0.2) is 8.42 Å². The van der Waals surface area contributed by atoms with Crippen molar-refractivity contribution in [1.82, 2.24) is 15.5 Å². The van der Waals surface area contributed by atoms with Crippen LogP contribution in [0.2, 0.25) is 0 Å². The molecule has 0 saturated heterocycles. The molecule has 3 atom stereocenters. The third-order valence-corrected chi connectivity index (χ3v) is 8.98. The fourth-order valence-electron chi connectivity index (χ4n) is 4.17. The van der Waals surface area contributed by atoms with E-state index in [1.54, 1.807) is 12.1 Å². The van der Waals surface area contributed by atoms with Crippen molar-refractivity contribution in [3.05, 3.63) is 45.9 Å². The monoisotopic (exact) mass is 547 g/mol. The summed E-state index contributed by atoms with van der Waals surface area (Å²) in [6.45, 7) is 3.51. The standard InChI is InChI=1S/C22H25ClF3N5O2S2/c1-12(2)20-29-30-21(34-20)31-35(32,33)15-8-6-13(7-9-15)16-4-3-5-18(16)28-19-17(23)10-14(11-27-19)22(24,25)26/h6-10,12,14,16,18H,3-5,11H2,1-2H3,(H,27,28)(H,30,31)/t14?,16-,18-/m0/s1. The molecule has 0 spiro atoms. The number of alkyl halides is 3.